The molecule has 0 saturated carbocycles. The second-order valence-electron chi connectivity index (χ2n) is 6.60. The lowest BCUT2D eigenvalue weighted by atomic mass is 9.85. The molecule has 2 aromatic rings. The molecule has 0 saturated heterocycles. The number of para-hydroxylation sites is 1. The third-order valence-corrected chi connectivity index (χ3v) is 5.96. The van der Waals surface area contributed by atoms with E-state index in [-0.39, 0.29) is 18.5 Å². The van der Waals surface area contributed by atoms with Crippen molar-refractivity contribution in [2.24, 2.45) is 5.92 Å². The molecule has 1 aliphatic carbocycles. The number of benzene rings is 1. The summed E-state index contributed by atoms with van der Waals surface area (Å²) in [5.74, 6) is 0.630. The average molecular weight is 388 g/mol. The molecule has 6 heteroatoms. The lowest BCUT2D eigenvalue weighted by Crippen LogP contribution is -2.21. The number of nitrogens with one attached hydrogen (secondary N) is 1. The molecule has 1 aromatic carbocycles. The Kier molecular flexibility index (Phi) is 6.50. The van der Waals surface area contributed by atoms with E-state index in [1.54, 1.807) is 19.1 Å². The third kappa shape index (κ3) is 4.69. The predicted molar refractivity (Wildman–Crippen MR) is 107 cm³/mol. The maximum Gasteiger partial charge on any atom is 0.341 e. The van der Waals surface area contributed by atoms with E-state index in [4.69, 9.17) is 9.47 Å². The summed E-state index contributed by atoms with van der Waals surface area (Å²) in [6, 6.07) is 9.18. The van der Waals surface area contributed by atoms with Crippen LogP contribution in [-0.4, -0.2) is 25.1 Å². The molecule has 27 heavy (non-hydrogen) atoms. The summed E-state index contributed by atoms with van der Waals surface area (Å²) in [5, 5.41) is 3.44. The Morgan fingerprint density at radius 3 is 2.70 bits per heavy atom. The summed E-state index contributed by atoms with van der Waals surface area (Å²) in [6.07, 6.45) is 4.00. The van der Waals surface area contributed by atoms with Crippen molar-refractivity contribution in [2.45, 2.75) is 39.5 Å². The van der Waals surface area contributed by atoms with Crippen molar-refractivity contribution in [3.8, 4) is 5.75 Å². The van der Waals surface area contributed by atoms with E-state index in [2.05, 4.69) is 12.2 Å². The molecule has 0 spiro atoms. The normalized spacial score (nSPS) is 15.7. The van der Waals surface area contributed by atoms with Gasteiger partial charge in [0.1, 0.15) is 10.8 Å². The number of fused-ring (bicyclic) bond motifs is 1. The summed E-state index contributed by atoms with van der Waals surface area (Å²) >= 11 is 1.50. The van der Waals surface area contributed by atoms with Crippen molar-refractivity contribution in [1.82, 2.24) is 0 Å². The largest absolute Gasteiger partial charge is 0.484 e. The number of hydrogen-bond acceptors (Lipinski definition) is 5. The van der Waals surface area contributed by atoms with Crippen LogP contribution in [0.15, 0.2) is 30.3 Å². The molecule has 1 atom stereocenters. The van der Waals surface area contributed by atoms with Gasteiger partial charge in [-0.2, -0.15) is 0 Å². The van der Waals surface area contributed by atoms with E-state index in [1.807, 2.05) is 18.2 Å². The van der Waals surface area contributed by atoms with Crippen molar-refractivity contribution >= 4 is 28.2 Å². The van der Waals surface area contributed by atoms with Gasteiger partial charge < -0.3 is 14.8 Å². The van der Waals surface area contributed by atoms with Crippen LogP contribution in [0.2, 0.25) is 0 Å². The fraction of sp³-hybridized carbons (Fsp3) is 0.429. The van der Waals surface area contributed by atoms with Gasteiger partial charge in [0.15, 0.2) is 6.61 Å². The second kappa shape index (κ2) is 9.04. The van der Waals surface area contributed by atoms with Crippen molar-refractivity contribution in [1.29, 1.82) is 0 Å². The van der Waals surface area contributed by atoms with Gasteiger partial charge in [0.25, 0.3) is 5.91 Å². The van der Waals surface area contributed by atoms with Crippen LogP contribution >= 0.6 is 11.3 Å². The minimum absolute atomic E-state index is 0.105. The summed E-state index contributed by atoms with van der Waals surface area (Å²) in [4.78, 5) is 26.1. The first-order valence-electron chi connectivity index (χ1n) is 9.41. The van der Waals surface area contributed by atoms with E-state index in [1.165, 1.54) is 16.2 Å². The lowest BCUT2D eigenvalue weighted by molar-refractivity contribution is -0.118. The van der Waals surface area contributed by atoms with Gasteiger partial charge in [-0.3, -0.25) is 4.79 Å². The van der Waals surface area contributed by atoms with E-state index in [0.717, 1.165) is 31.2 Å². The molecule has 0 radical (unpaired) electrons. The molecule has 0 fully saturated rings. The number of anilines is 1. The highest BCUT2D eigenvalue weighted by Crippen LogP contribution is 2.40. The number of amides is 1. The molecule has 1 N–H and O–H groups in total. The first-order chi connectivity index (χ1) is 13.1. The molecule has 1 aliphatic rings. The van der Waals surface area contributed by atoms with E-state index in [0.29, 0.717) is 28.8 Å². The van der Waals surface area contributed by atoms with E-state index < -0.39 is 0 Å². The van der Waals surface area contributed by atoms with Crippen molar-refractivity contribution in [3.63, 3.8) is 0 Å². The highest BCUT2D eigenvalue weighted by Gasteiger charge is 2.29. The van der Waals surface area contributed by atoms with E-state index in [9.17, 15) is 9.59 Å². The van der Waals surface area contributed by atoms with Crippen LogP contribution in [0, 0.1) is 5.92 Å². The van der Waals surface area contributed by atoms with Crippen LogP contribution in [0.5, 0.6) is 5.75 Å². The first-order valence-corrected chi connectivity index (χ1v) is 10.2. The molecule has 0 aliphatic heterocycles. The van der Waals surface area contributed by atoms with Gasteiger partial charge in [-0.1, -0.05) is 31.5 Å². The Morgan fingerprint density at radius 1 is 1.22 bits per heavy atom. The van der Waals surface area contributed by atoms with Gasteiger partial charge in [0.05, 0.1) is 12.2 Å². The summed E-state index contributed by atoms with van der Waals surface area (Å²) < 4.78 is 10.7. The Labute approximate surface area is 163 Å². The fourth-order valence-corrected chi connectivity index (χ4v) is 4.70. The standard InChI is InChI=1S/C21H25NO4S/c1-3-14-10-11-16-17(12-14)27-20(19(16)21(24)25-4-2)22-18(23)13-26-15-8-6-5-7-9-15/h5-9,14H,3-4,10-13H2,1-2H3,(H,22,23)/t14-/m1/s1. The highest BCUT2D eigenvalue weighted by atomic mass is 32.1. The van der Waals surface area contributed by atoms with Crippen LogP contribution in [0.3, 0.4) is 0 Å². The van der Waals surface area contributed by atoms with Crippen molar-refractivity contribution < 1.29 is 19.1 Å². The topological polar surface area (TPSA) is 64.6 Å². The SMILES string of the molecule is CCOC(=O)c1c(NC(=O)COc2ccccc2)sc2c1CC[C@@H](CC)C2. The summed E-state index contributed by atoms with van der Waals surface area (Å²) in [7, 11) is 0. The van der Waals surface area contributed by atoms with Crippen molar-refractivity contribution in [2.75, 3.05) is 18.5 Å². The van der Waals surface area contributed by atoms with Gasteiger partial charge in [-0.15, -0.1) is 11.3 Å². The van der Waals surface area contributed by atoms with Crippen LogP contribution in [0.25, 0.3) is 0 Å². The Hall–Kier alpha value is -2.34. The second-order valence-corrected chi connectivity index (χ2v) is 7.70. The summed E-state index contributed by atoms with van der Waals surface area (Å²) in [6.45, 7) is 4.19. The Morgan fingerprint density at radius 2 is 2.00 bits per heavy atom. The Bertz CT molecular complexity index is 800. The zero-order valence-electron chi connectivity index (χ0n) is 15.7. The minimum atomic E-state index is -0.357. The monoisotopic (exact) mass is 387 g/mol. The maximum atomic E-state index is 12.5. The van der Waals surface area contributed by atoms with Crippen LogP contribution in [0.1, 0.15) is 47.5 Å². The van der Waals surface area contributed by atoms with Gasteiger partial charge >= 0.3 is 5.97 Å². The summed E-state index contributed by atoms with van der Waals surface area (Å²) in [5.41, 5.74) is 1.57. The Balaban J connectivity index is 1.76. The molecule has 1 heterocycles. The molecule has 0 unspecified atom stereocenters. The smallest absolute Gasteiger partial charge is 0.341 e. The zero-order valence-corrected chi connectivity index (χ0v) is 16.6. The highest BCUT2D eigenvalue weighted by molar-refractivity contribution is 7.17. The van der Waals surface area contributed by atoms with Gasteiger partial charge in [0, 0.05) is 4.88 Å². The van der Waals surface area contributed by atoms with Gasteiger partial charge in [-0.25, -0.2) is 4.79 Å². The van der Waals surface area contributed by atoms with Crippen LogP contribution < -0.4 is 10.1 Å². The molecule has 144 valence electrons. The average Bonchev–Trinajstić information content (AvgIpc) is 3.04. The van der Waals surface area contributed by atoms with E-state index >= 15 is 0 Å². The molecule has 5 nitrogen and oxygen atoms in total. The number of esters is 1. The number of carbonyl (C=O) groups excluding carboxylic acids is 2. The number of ether oxygens (including phenoxy) is 2. The molecule has 0 bridgehead atoms. The number of hydrogen-bond donors (Lipinski definition) is 1. The molecule has 1 amide bonds. The molecular weight excluding hydrogens is 362 g/mol. The molecular formula is C21H25NO4S. The zero-order chi connectivity index (χ0) is 19.2. The predicted octanol–water partition coefficient (Wildman–Crippen LogP) is 4.46. The molecule has 3 rings (SSSR count). The molecule has 1 aromatic heterocycles. The van der Waals surface area contributed by atoms with Crippen LogP contribution in [0.4, 0.5) is 5.00 Å². The maximum absolute atomic E-state index is 12.5. The third-order valence-electron chi connectivity index (χ3n) is 4.79. The lowest BCUT2D eigenvalue weighted by Gasteiger charge is -2.20. The fourth-order valence-electron chi connectivity index (χ4n) is 3.34. The quantitative estimate of drug-likeness (QED) is 0.713. The van der Waals surface area contributed by atoms with Crippen molar-refractivity contribution in [3.05, 3.63) is 46.3 Å². The minimum Gasteiger partial charge on any atom is -0.484 e. The van der Waals surface area contributed by atoms with Gasteiger partial charge in [-0.05, 0) is 49.8 Å². The number of thiophene rings is 1. The van der Waals surface area contributed by atoms with Gasteiger partial charge in [0.2, 0.25) is 0 Å². The van der Waals surface area contributed by atoms with Crippen LogP contribution in [-0.2, 0) is 22.4 Å². The number of carbonyl (C=O) groups is 2. The number of rotatable bonds is 7. The first kappa shape index (κ1) is 19.4.